The average Bonchev–Trinajstić information content (AvgIpc) is 3.17. The second-order valence-corrected chi connectivity index (χ2v) is 9.31. The number of carbonyl (C=O) groups is 1. The minimum Gasteiger partial charge on any atom is -0.493 e. The molecule has 0 spiro atoms. The number of carbonyl (C=O) groups excluding carboxylic acids is 1. The summed E-state index contributed by atoms with van der Waals surface area (Å²) in [7, 11) is 1.57. The van der Waals surface area contributed by atoms with Gasteiger partial charge in [0, 0.05) is 15.6 Å². The Hall–Kier alpha value is -2.93. The number of nitrogens with zero attached hydrogens (tertiary/aromatic N) is 1. The topological polar surface area (TPSA) is 59.9 Å². The summed E-state index contributed by atoms with van der Waals surface area (Å²) in [4.78, 5) is 17.5. The largest absolute Gasteiger partial charge is 0.493 e. The third kappa shape index (κ3) is 5.95. The Labute approximate surface area is 212 Å². The predicted molar refractivity (Wildman–Crippen MR) is 140 cm³/mol. The van der Waals surface area contributed by atoms with Crippen LogP contribution in [0.1, 0.15) is 23.6 Å². The van der Waals surface area contributed by atoms with Crippen LogP contribution in [0.25, 0.3) is 6.08 Å². The van der Waals surface area contributed by atoms with E-state index in [1.165, 1.54) is 17.3 Å². The molecular weight excluding hydrogens is 491 g/mol. The molecular formula is C26H22Cl2N2O3S. The molecule has 0 radical (unpaired) electrons. The van der Waals surface area contributed by atoms with Crippen LogP contribution in [0, 0.1) is 0 Å². The number of hydrogen-bond donors (Lipinski definition) is 1. The Morgan fingerprint density at radius 1 is 1.03 bits per heavy atom. The second-order valence-electron chi connectivity index (χ2n) is 7.44. The first-order valence-electron chi connectivity index (χ1n) is 10.6. The zero-order chi connectivity index (χ0) is 24.1. The molecule has 1 aliphatic rings. The van der Waals surface area contributed by atoms with Crippen molar-refractivity contribution in [3.05, 3.63) is 92.3 Å². The third-order valence-corrected chi connectivity index (χ3v) is 6.61. The SMILES string of the molecule is CCc1ccc(N=C2NC(=O)/C(=C/c3ccc(OCc4ccc(Cl)cc4Cl)c(OC)c3)S2)cc1. The maximum absolute atomic E-state index is 12.5. The molecule has 1 saturated heterocycles. The average molecular weight is 513 g/mol. The van der Waals surface area contributed by atoms with Crippen LogP contribution < -0.4 is 14.8 Å². The van der Waals surface area contributed by atoms with E-state index in [0.29, 0.717) is 31.6 Å². The van der Waals surface area contributed by atoms with Crippen LogP contribution in [-0.4, -0.2) is 18.2 Å². The summed E-state index contributed by atoms with van der Waals surface area (Å²) < 4.78 is 11.4. The number of amidine groups is 1. The molecule has 174 valence electrons. The number of aryl methyl sites for hydroxylation is 1. The fourth-order valence-electron chi connectivity index (χ4n) is 3.24. The van der Waals surface area contributed by atoms with Gasteiger partial charge in [-0.25, -0.2) is 4.99 Å². The summed E-state index contributed by atoms with van der Waals surface area (Å²) in [5.41, 5.74) is 3.66. The summed E-state index contributed by atoms with van der Waals surface area (Å²) in [6.45, 7) is 2.37. The lowest BCUT2D eigenvalue weighted by atomic mass is 10.1. The van der Waals surface area contributed by atoms with Crippen molar-refractivity contribution >= 4 is 57.8 Å². The van der Waals surface area contributed by atoms with E-state index in [0.717, 1.165) is 23.2 Å². The van der Waals surface area contributed by atoms with Gasteiger partial charge in [-0.1, -0.05) is 54.4 Å². The molecule has 1 aliphatic heterocycles. The van der Waals surface area contributed by atoms with Gasteiger partial charge in [0.2, 0.25) is 0 Å². The van der Waals surface area contributed by atoms with E-state index >= 15 is 0 Å². The third-order valence-electron chi connectivity index (χ3n) is 5.11. The molecule has 1 amide bonds. The van der Waals surface area contributed by atoms with E-state index in [1.807, 2.05) is 42.5 Å². The number of hydrogen-bond acceptors (Lipinski definition) is 5. The Morgan fingerprint density at radius 2 is 1.82 bits per heavy atom. The second kappa shape index (κ2) is 11.0. The summed E-state index contributed by atoms with van der Waals surface area (Å²) in [6, 6.07) is 18.7. The van der Waals surface area contributed by atoms with Crippen LogP contribution in [0.2, 0.25) is 10.0 Å². The van der Waals surface area contributed by atoms with Crippen molar-refractivity contribution < 1.29 is 14.3 Å². The maximum Gasteiger partial charge on any atom is 0.264 e. The predicted octanol–water partition coefficient (Wildman–Crippen LogP) is 7.04. The van der Waals surface area contributed by atoms with Crippen molar-refractivity contribution in [1.82, 2.24) is 5.32 Å². The van der Waals surface area contributed by atoms with Crippen LogP contribution in [-0.2, 0) is 17.8 Å². The molecule has 0 saturated carbocycles. The number of halogens is 2. The van der Waals surface area contributed by atoms with Crippen LogP contribution in [0.4, 0.5) is 5.69 Å². The van der Waals surface area contributed by atoms with E-state index in [2.05, 4.69) is 17.2 Å². The van der Waals surface area contributed by atoms with Gasteiger partial charge < -0.3 is 14.8 Å². The maximum atomic E-state index is 12.5. The van der Waals surface area contributed by atoms with Crippen molar-refractivity contribution in [3.63, 3.8) is 0 Å². The first-order valence-corrected chi connectivity index (χ1v) is 12.2. The van der Waals surface area contributed by atoms with Gasteiger partial charge in [0.15, 0.2) is 16.7 Å². The highest BCUT2D eigenvalue weighted by atomic mass is 35.5. The van der Waals surface area contributed by atoms with Crippen molar-refractivity contribution in [1.29, 1.82) is 0 Å². The first-order chi connectivity index (χ1) is 16.4. The number of thioether (sulfide) groups is 1. The lowest BCUT2D eigenvalue weighted by Gasteiger charge is -2.12. The quantitative estimate of drug-likeness (QED) is 0.345. The van der Waals surface area contributed by atoms with Crippen LogP contribution in [0.15, 0.2) is 70.6 Å². The van der Waals surface area contributed by atoms with E-state index in [4.69, 9.17) is 32.7 Å². The first kappa shape index (κ1) is 24.2. The van der Waals surface area contributed by atoms with Crippen molar-refractivity contribution in [2.24, 2.45) is 4.99 Å². The Bertz CT molecular complexity index is 1270. The van der Waals surface area contributed by atoms with Crippen LogP contribution in [0.5, 0.6) is 11.5 Å². The van der Waals surface area contributed by atoms with Gasteiger partial charge in [-0.3, -0.25) is 4.79 Å². The smallest absolute Gasteiger partial charge is 0.264 e. The van der Waals surface area contributed by atoms with Gasteiger partial charge >= 0.3 is 0 Å². The molecule has 1 N–H and O–H groups in total. The van der Waals surface area contributed by atoms with Gasteiger partial charge in [-0.2, -0.15) is 0 Å². The molecule has 0 bridgehead atoms. The zero-order valence-electron chi connectivity index (χ0n) is 18.6. The molecule has 0 atom stereocenters. The number of amides is 1. The van der Waals surface area contributed by atoms with E-state index < -0.39 is 0 Å². The number of nitrogens with one attached hydrogen (secondary N) is 1. The van der Waals surface area contributed by atoms with Gasteiger partial charge in [0.1, 0.15) is 6.61 Å². The molecule has 5 nitrogen and oxygen atoms in total. The van der Waals surface area contributed by atoms with Crippen molar-refractivity contribution in [2.45, 2.75) is 20.0 Å². The minimum atomic E-state index is -0.189. The molecule has 8 heteroatoms. The molecule has 34 heavy (non-hydrogen) atoms. The van der Waals surface area contributed by atoms with Gasteiger partial charge in [-0.05, 0) is 71.8 Å². The molecule has 0 aromatic heterocycles. The fraction of sp³-hybridized carbons (Fsp3) is 0.154. The van der Waals surface area contributed by atoms with Gasteiger partial charge in [0.25, 0.3) is 5.91 Å². The number of benzene rings is 3. The molecule has 3 aromatic rings. The molecule has 0 unspecified atom stereocenters. The van der Waals surface area contributed by atoms with Crippen LogP contribution in [0.3, 0.4) is 0 Å². The molecule has 4 rings (SSSR count). The molecule has 1 fully saturated rings. The minimum absolute atomic E-state index is 0.189. The number of aliphatic imine (C=N–C) groups is 1. The number of ether oxygens (including phenoxy) is 2. The van der Waals surface area contributed by atoms with Gasteiger partial charge in [0.05, 0.1) is 17.7 Å². The summed E-state index contributed by atoms with van der Waals surface area (Å²) >= 11 is 13.5. The highest BCUT2D eigenvalue weighted by Crippen LogP contribution is 2.33. The standard InChI is InChI=1S/C26H22Cl2N2O3S/c1-3-16-4-9-20(10-5-16)29-26-30-25(31)24(34-26)13-17-6-11-22(23(12-17)32-2)33-15-18-7-8-19(27)14-21(18)28/h4-14H,3,15H2,1-2H3,(H,29,30,31)/b24-13-. The fourth-order valence-corrected chi connectivity index (χ4v) is 4.55. The Balaban J connectivity index is 1.47. The summed E-state index contributed by atoms with van der Waals surface area (Å²) in [5.74, 6) is 0.926. The highest BCUT2D eigenvalue weighted by Gasteiger charge is 2.24. The van der Waals surface area contributed by atoms with E-state index in [1.54, 1.807) is 31.4 Å². The van der Waals surface area contributed by atoms with E-state index in [9.17, 15) is 4.79 Å². The van der Waals surface area contributed by atoms with Crippen LogP contribution >= 0.6 is 35.0 Å². The summed E-state index contributed by atoms with van der Waals surface area (Å²) in [6.07, 6.45) is 2.77. The monoisotopic (exact) mass is 512 g/mol. The Kier molecular flexibility index (Phi) is 7.83. The van der Waals surface area contributed by atoms with Crippen molar-refractivity contribution in [2.75, 3.05) is 7.11 Å². The molecule has 1 heterocycles. The Morgan fingerprint density at radius 3 is 2.53 bits per heavy atom. The number of rotatable bonds is 7. The highest BCUT2D eigenvalue weighted by molar-refractivity contribution is 8.18. The molecule has 0 aliphatic carbocycles. The lowest BCUT2D eigenvalue weighted by Crippen LogP contribution is -2.19. The molecule has 3 aromatic carbocycles. The van der Waals surface area contributed by atoms with Crippen molar-refractivity contribution in [3.8, 4) is 11.5 Å². The number of methoxy groups -OCH3 is 1. The lowest BCUT2D eigenvalue weighted by molar-refractivity contribution is -0.115. The zero-order valence-corrected chi connectivity index (χ0v) is 20.9. The normalized spacial score (nSPS) is 15.6. The van der Waals surface area contributed by atoms with Gasteiger partial charge in [-0.15, -0.1) is 0 Å². The van der Waals surface area contributed by atoms with E-state index in [-0.39, 0.29) is 12.5 Å². The summed E-state index contributed by atoms with van der Waals surface area (Å²) in [5, 5.41) is 4.47.